The monoisotopic (exact) mass is 507 g/mol. The maximum Gasteiger partial charge on any atom is 0.270 e. The van der Waals surface area contributed by atoms with Gasteiger partial charge in [0.1, 0.15) is 17.3 Å². The van der Waals surface area contributed by atoms with Crippen molar-refractivity contribution in [1.29, 1.82) is 0 Å². The summed E-state index contributed by atoms with van der Waals surface area (Å²) in [5.41, 5.74) is 3.00. The van der Waals surface area contributed by atoms with Crippen molar-refractivity contribution in [3.05, 3.63) is 68.6 Å². The molecule has 1 aliphatic heterocycles. The van der Waals surface area contributed by atoms with E-state index in [-0.39, 0.29) is 23.7 Å². The first-order valence-electron chi connectivity index (χ1n) is 11.8. The quantitative estimate of drug-likeness (QED) is 0.442. The van der Waals surface area contributed by atoms with E-state index in [0.29, 0.717) is 57.7 Å². The van der Waals surface area contributed by atoms with Crippen LogP contribution in [-0.4, -0.2) is 51.5 Å². The molecule has 2 heterocycles. The summed E-state index contributed by atoms with van der Waals surface area (Å²) in [6.45, 7) is 0. The molecule has 0 fully saturated rings. The van der Waals surface area contributed by atoms with Crippen LogP contribution in [0.1, 0.15) is 41.4 Å². The van der Waals surface area contributed by atoms with Crippen molar-refractivity contribution in [2.24, 2.45) is 0 Å². The number of H-pyrrole nitrogens is 2. The third-order valence-electron chi connectivity index (χ3n) is 7.08. The molecule has 0 unspecified atom stereocenters. The van der Waals surface area contributed by atoms with Gasteiger partial charge in [0.05, 0.1) is 47.0 Å². The summed E-state index contributed by atoms with van der Waals surface area (Å²) in [7, 11) is 7.81. The average Bonchev–Trinajstić information content (AvgIpc) is 3.30. The molecule has 5 rings (SSSR count). The highest BCUT2D eigenvalue weighted by Gasteiger charge is 2.42. The van der Waals surface area contributed by atoms with Gasteiger partial charge >= 0.3 is 0 Å². The van der Waals surface area contributed by atoms with E-state index in [2.05, 4.69) is 15.5 Å². The van der Waals surface area contributed by atoms with Crippen LogP contribution in [0.25, 0.3) is 0 Å². The number of rotatable bonds is 7. The van der Waals surface area contributed by atoms with Crippen LogP contribution in [0.4, 0.5) is 5.82 Å². The first kappa shape index (κ1) is 24.4. The van der Waals surface area contributed by atoms with E-state index in [0.717, 1.165) is 11.3 Å². The summed E-state index contributed by atoms with van der Waals surface area (Å²) in [4.78, 5) is 26.7. The van der Waals surface area contributed by atoms with Gasteiger partial charge in [-0.15, -0.1) is 0 Å². The molecule has 0 saturated heterocycles. The molecule has 0 spiro atoms. The number of aromatic nitrogens is 2. The number of ether oxygens (including phenoxy) is 5. The minimum Gasteiger partial charge on any atom is -0.497 e. The minimum absolute atomic E-state index is 0.0615. The Morgan fingerprint density at radius 2 is 1.49 bits per heavy atom. The van der Waals surface area contributed by atoms with Crippen molar-refractivity contribution >= 4 is 11.6 Å². The first-order valence-corrected chi connectivity index (χ1v) is 11.8. The van der Waals surface area contributed by atoms with E-state index in [9.17, 15) is 9.59 Å². The number of Topliss-reactive ketones (excluding diaryl/α,β-unsaturated/α-hetero) is 1. The molecule has 0 radical (unpaired) electrons. The number of methoxy groups -OCH3 is 5. The standard InChI is InChI=1S/C27H29N3O7/c1-33-15-6-7-19(34-2)16(12-15)22-23-17(28-26-24(22)27(32)30-29-26)8-13(9-18(23)31)14-10-20(35-3)25(37-5)21(11-14)36-4/h6-7,10-13,22H,8-9H2,1-5H3,(H3,28,29,30,32)/t13-,22-/m0/s1. The number of allylic oxidation sites excluding steroid dienone is 2. The van der Waals surface area contributed by atoms with Gasteiger partial charge in [0.2, 0.25) is 5.75 Å². The average molecular weight is 508 g/mol. The normalized spacial score (nSPS) is 18.5. The van der Waals surface area contributed by atoms with Gasteiger partial charge in [0.15, 0.2) is 17.3 Å². The Hall–Kier alpha value is -4.34. The van der Waals surface area contributed by atoms with Crippen molar-refractivity contribution in [3.8, 4) is 28.7 Å². The topological polar surface area (TPSA) is 124 Å². The van der Waals surface area contributed by atoms with Crippen LogP contribution in [0, 0.1) is 0 Å². The van der Waals surface area contributed by atoms with Gasteiger partial charge in [0, 0.05) is 23.3 Å². The smallest absolute Gasteiger partial charge is 0.270 e. The van der Waals surface area contributed by atoms with E-state index < -0.39 is 5.92 Å². The second-order valence-corrected chi connectivity index (χ2v) is 8.91. The van der Waals surface area contributed by atoms with E-state index in [1.54, 1.807) is 47.7 Å². The van der Waals surface area contributed by atoms with E-state index >= 15 is 0 Å². The molecule has 0 bridgehead atoms. The lowest BCUT2D eigenvalue weighted by atomic mass is 9.72. The lowest BCUT2D eigenvalue weighted by Crippen LogP contribution is -2.31. The van der Waals surface area contributed by atoms with E-state index in [4.69, 9.17) is 23.7 Å². The van der Waals surface area contributed by atoms with Crippen LogP contribution < -0.4 is 34.6 Å². The predicted molar refractivity (Wildman–Crippen MR) is 137 cm³/mol. The molecule has 2 aromatic carbocycles. The number of anilines is 1. The Kier molecular flexibility index (Phi) is 6.32. The Morgan fingerprint density at radius 1 is 0.784 bits per heavy atom. The molecule has 194 valence electrons. The molecule has 3 N–H and O–H groups in total. The van der Waals surface area contributed by atoms with Crippen molar-refractivity contribution in [3.63, 3.8) is 0 Å². The largest absolute Gasteiger partial charge is 0.497 e. The third-order valence-corrected chi connectivity index (χ3v) is 7.08. The van der Waals surface area contributed by atoms with Gasteiger partial charge in [-0.25, -0.2) is 0 Å². The second kappa shape index (κ2) is 9.61. The number of carbonyl (C=O) groups is 1. The zero-order valence-corrected chi connectivity index (χ0v) is 21.3. The number of aromatic amines is 2. The van der Waals surface area contributed by atoms with Gasteiger partial charge in [-0.05, 0) is 48.2 Å². The van der Waals surface area contributed by atoms with Gasteiger partial charge in [-0.2, -0.15) is 0 Å². The Balaban J connectivity index is 1.64. The number of ketones is 1. The molecule has 2 atom stereocenters. The SMILES string of the molecule is COc1ccc(OC)c([C@H]2C3=C(C[C@H](c4cc(OC)c(OC)c(OC)c4)CC3=O)Nc3[nH][nH]c(=O)c32)c1. The number of carbonyl (C=O) groups excluding carboxylic acids is 1. The van der Waals surface area contributed by atoms with Gasteiger partial charge in [-0.1, -0.05) is 0 Å². The molecule has 2 aliphatic rings. The summed E-state index contributed by atoms with van der Waals surface area (Å²) in [6, 6.07) is 9.13. The Labute approximate surface area is 213 Å². The molecule has 0 saturated carbocycles. The van der Waals surface area contributed by atoms with Crippen LogP contribution in [-0.2, 0) is 4.79 Å². The molecule has 10 heteroatoms. The second-order valence-electron chi connectivity index (χ2n) is 8.91. The number of fused-ring (bicyclic) bond motifs is 1. The molecular weight excluding hydrogens is 478 g/mol. The molecule has 1 aromatic heterocycles. The van der Waals surface area contributed by atoms with E-state index in [1.807, 2.05) is 18.2 Å². The van der Waals surface area contributed by atoms with E-state index in [1.165, 1.54) is 0 Å². The molecule has 0 amide bonds. The van der Waals surface area contributed by atoms with Gasteiger partial charge in [-0.3, -0.25) is 19.8 Å². The zero-order chi connectivity index (χ0) is 26.3. The summed E-state index contributed by atoms with van der Waals surface area (Å²) < 4.78 is 27.6. The summed E-state index contributed by atoms with van der Waals surface area (Å²) in [5.74, 6) is 2.40. The number of nitrogens with one attached hydrogen (secondary N) is 3. The molecule has 10 nitrogen and oxygen atoms in total. The fourth-order valence-corrected chi connectivity index (χ4v) is 5.37. The summed E-state index contributed by atoms with van der Waals surface area (Å²) in [6.07, 6.45) is 0.786. The highest BCUT2D eigenvalue weighted by molar-refractivity contribution is 6.01. The maximum absolute atomic E-state index is 13.8. The predicted octanol–water partition coefficient (Wildman–Crippen LogP) is 3.70. The number of benzene rings is 2. The van der Waals surface area contributed by atoms with Crippen molar-refractivity contribution in [2.75, 3.05) is 40.9 Å². The van der Waals surface area contributed by atoms with Crippen LogP contribution in [0.15, 0.2) is 46.4 Å². The molecule has 1 aliphatic carbocycles. The Bertz CT molecular complexity index is 1430. The molecular formula is C27H29N3O7. The summed E-state index contributed by atoms with van der Waals surface area (Å²) in [5, 5.41) is 8.89. The molecule has 37 heavy (non-hydrogen) atoms. The number of hydrogen-bond acceptors (Lipinski definition) is 8. The third kappa shape index (κ3) is 3.98. The maximum atomic E-state index is 13.8. The molecule has 3 aromatic rings. The fraction of sp³-hybridized carbons (Fsp3) is 0.333. The van der Waals surface area contributed by atoms with Gasteiger partial charge < -0.3 is 29.0 Å². The van der Waals surface area contributed by atoms with Crippen molar-refractivity contribution in [1.82, 2.24) is 10.2 Å². The number of hydrogen-bond donors (Lipinski definition) is 3. The van der Waals surface area contributed by atoms with Gasteiger partial charge in [0.25, 0.3) is 5.56 Å². The highest BCUT2D eigenvalue weighted by atomic mass is 16.5. The fourth-order valence-electron chi connectivity index (χ4n) is 5.37. The van der Waals surface area contributed by atoms with Crippen molar-refractivity contribution < 1.29 is 28.5 Å². The van der Waals surface area contributed by atoms with Crippen molar-refractivity contribution in [2.45, 2.75) is 24.7 Å². The first-order chi connectivity index (χ1) is 17.9. The lowest BCUT2D eigenvalue weighted by Gasteiger charge is -2.35. The highest BCUT2D eigenvalue weighted by Crippen LogP contribution is 2.50. The summed E-state index contributed by atoms with van der Waals surface area (Å²) >= 11 is 0. The minimum atomic E-state index is -0.625. The van der Waals surface area contributed by atoms with Crippen LogP contribution in [0.3, 0.4) is 0 Å². The lowest BCUT2D eigenvalue weighted by molar-refractivity contribution is -0.116. The Morgan fingerprint density at radius 3 is 2.11 bits per heavy atom. The van der Waals surface area contributed by atoms with Crippen LogP contribution >= 0.6 is 0 Å². The van der Waals surface area contributed by atoms with Crippen LogP contribution in [0.5, 0.6) is 28.7 Å². The zero-order valence-electron chi connectivity index (χ0n) is 21.3. The van der Waals surface area contributed by atoms with Crippen LogP contribution in [0.2, 0.25) is 0 Å².